The van der Waals surface area contributed by atoms with Gasteiger partial charge in [-0.15, -0.1) is 0 Å². The van der Waals surface area contributed by atoms with E-state index in [0.29, 0.717) is 0 Å². The van der Waals surface area contributed by atoms with Gasteiger partial charge in [0.15, 0.2) is 0 Å². The van der Waals surface area contributed by atoms with Gasteiger partial charge in [-0.25, -0.2) is 4.79 Å². The monoisotopic (exact) mass is 191 g/mol. The van der Waals surface area contributed by atoms with Gasteiger partial charge in [-0.2, -0.15) is 0 Å². The van der Waals surface area contributed by atoms with Gasteiger partial charge in [-0.3, -0.25) is 4.98 Å². The van der Waals surface area contributed by atoms with Crippen LogP contribution in [0, 0.1) is 0 Å². The number of urea groups is 1. The fourth-order valence-corrected chi connectivity index (χ4v) is 1.65. The van der Waals surface area contributed by atoms with Crippen LogP contribution in [-0.4, -0.2) is 29.0 Å². The van der Waals surface area contributed by atoms with Gasteiger partial charge in [0.1, 0.15) is 0 Å². The maximum atomic E-state index is 11.4. The second kappa shape index (κ2) is 3.65. The number of carbonyl (C=O) groups excluding carboxylic acids is 1. The van der Waals surface area contributed by atoms with Crippen molar-refractivity contribution in [1.82, 2.24) is 15.2 Å². The molecule has 0 aromatic carbocycles. The topological polar surface area (TPSA) is 45.2 Å². The van der Waals surface area contributed by atoms with Crippen LogP contribution in [0.1, 0.15) is 18.5 Å². The molecule has 1 unspecified atom stereocenters. The zero-order valence-corrected chi connectivity index (χ0v) is 8.10. The SMILES string of the molecule is CCN1CC(c2ccncc2)NC1=O. The van der Waals surface area contributed by atoms with E-state index in [1.54, 1.807) is 17.3 Å². The minimum atomic E-state index is 0.0225. The largest absolute Gasteiger partial charge is 0.329 e. The van der Waals surface area contributed by atoms with Crippen LogP contribution in [0.15, 0.2) is 24.5 Å². The fraction of sp³-hybridized carbons (Fsp3) is 0.400. The zero-order chi connectivity index (χ0) is 9.97. The molecule has 0 spiro atoms. The average Bonchev–Trinajstić information content (AvgIpc) is 2.61. The molecule has 2 heterocycles. The molecule has 0 bridgehead atoms. The number of nitrogens with zero attached hydrogens (tertiary/aromatic N) is 2. The smallest absolute Gasteiger partial charge is 0.318 e. The van der Waals surface area contributed by atoms with Gasteiger partial charge in [0.25, 0.3) is 0 Å². The molecule has 1 atom stereocenters. The third kappa shape index (κ3) is 1.55. The number of rotatable bonds is 2. The van der Waals surface area contributed by atoms with E-state index < -0.39 is 0 Å². The zero-order valence-electron chi connectivity index (χ0n) is 8.10. The second-order valence-corrected chi connectivity index (χ2v) is 3.32. The number of hydrogen-bond donors (Lipinski definition) is 1. The summed E-state index contributed by atoms with van der Waals surface area (Å²) < 4.78 is 0. The van der Waals surface area contributed by atoms with Gasteiger partial charge in [0.05, 0.1) is 6.04 Å². The van der Waals surface area contributed by atoms with Crippen LogP contribution in [-0.2, 0) is 0 Å². The molecule has 0 radical (unpaired) electrons. The third-order valence-electron chi connectivity index (χ3n) is 2.48. The number of hydrogen-bond acceptors (Lipinski definition) is 2. The molecule has 1 aromatic heterocycles. The highest BCUT2D eigenvalue weighted by molar-refractivity contribution is 5.77. The van der Waals surface area contributed by atoms with E-state index in [0.717, 1.165) is 18.7 Å². The van der Waals surface area contributed by atoms with Crippen LogP contribution in [0.25, 0.3) is 0 Å². The molecule has 2 amide bonds. The third-order valence-corrected chi connectivity index (χ3v) is 2.48. The summed E-state index contributed by atoms with van der Waals surface area (Å²) in [6.45, 7) is 3.49. The number of amides is 2. The predicted octanol–water partition coefficient (Wildman–Crippen LogP) is 1.17. The van der Waals surface area contributed by atoms with Crippen molar-refractivity contribution in [3.63, 3.8) is 0 Å². The Balaban J connectivity index is 2.13. The normalized spacial score (nSPS) is 21.1. The molecule has 0 aliphatic carbocycles. The highest BCUT2D eigenvalue weighted by Crippen LogP contribution is 2.18. The average molecular weight is 191 g/mol. The first-order valence-corrected chi connectivity index (χ1v) is 4.76. The van der Waals surface area contributed by atoms with Crippen LogP contribution in [0.2, 0.25) is 0 Å². The van der Waals surface area contributed by atoms with Crippen molar-refractivity contribution < 1.29 is 4.79 Å². The van der Waals surface area contributed by atoms with Crippen molar-refractivity contribution in [2.45, 2.75) is 13.0 Å². The van der Waals surface area contributed by atoms with Gasteiger partial charge in [-0.05, 0) is 24.6 Å². The fourth-order valence-electron chi connectivity index (χ4n) is 1.65. The van der Waals surface area contributed by atoms with Crippen molar-refractivity contribution in [2.75, 3.05) is 13.1 Å². The minimum absolute atomic E-state index is 0.0225. The number of likely N-dealkylation sites (N-methyl/N-ethyl adjacent to an activating group) is 1. The number of aromatic nitrogens is 1. The lowest BCUT2D eigenvalue weighted by Gasteiger charge is -2.10. The van der Waals surface area contributed by atoms with Gasteiger partial charge < -0.3 is 10.2 Å². The van der Waals surface area contributed by atoms with Crippen molar-refractivity contribution in [3.8, 4) is 0 Å². The first-order chi connectivity index (χ1) is 6.81. The molecule has 1 aliphatic rings. The molecule has 4 heteroatoms. The molecule has 0 saturated carbocycles. The van der Waals surface area contributed by atoms with Crippen LogP contribution >= 0.6 is 0 Å². The lowest BCUT2D eigenvalue weighted by atomic mass is 10.1. The second-order valence-electron chi connectivity index (χ2n) is 3.32. The quantitative estimate of drug-likeness (QED) is 0.762. The van der Waals surface area contributed by atoms with Gasteiger partial charge in [0, 0.05) is 25.5 Å². The van der Waals surface area contributed by atoms with Crippen LogP contribution in [0.5, 0.6) is 0 Å². The Hall–Kier alpha value is -1.58. The van der Waals surface area contributed by atoms with E-state index in [2.05, 4.69) is 10.3 Å². The summed E-state index contributed by atoms with van der Waals surface area (Å²) in [5.41, 5.74) is 1.12. The number of pyridine rings is 1. The molecule has 4 nitrogen and oxygen atoms in total. The van der Waals surface area contributed by atoms with Crippen molar-refractivity contribution in [1.29, 1.82) is 0 Å². The highest BCUT2D eigenvalue weighted by Gasteiger charge is 2.27. The van der Waals surface area contributed by atoms with E-state index in [-0.39, 0.29) is 12.1 Å². The Kier molecular flexibility index (Phi) is 2.35. The van der Waals surface area contributed by atoms with Gasteiger partial charge in [-0.1, -0.05) is 0 Å². The minimum Gasteiger partial charge on any atom is -0.329 e. The molecule has 2 rings (SSSR count). The molecule has 1 N–H and O–H groups in total. The Morgan fingerprint density at radius 2 is 2.29 bits per heavy atom. The first-order valence-electron chi connectivity index (χ1n) is 4.76. The van der Waals surface area contributed by atoms with Gasteiger partial charge in [0.2, 0.25) is 0 Å². The van der Waals surface area contributed by atoms with E-state index in [1.807, 2.05) is 19.1 Å². The summed E-state index contributed by atoms with van der Waals surface area (Å²) in [7, 11) is 0. The molecule has 14 heavy (non-hydrogen) atoms. The van der Waals surface area contributed by atoms with E-state index >= 15 is 0 Å². The number of carbonyl (C=O) groups is 1. The Morgan fingerprint density at radius 1 is 1.57 bits per heavy atom. The van der Waals surface area contributed by atoms with E-state index in [4.69, 9.17) is 0 Å². The van der Waals surface area contributed by atoms with Gasteiger partial charge >= 0.3 is 6.03 Å². The van der Waals surface area contributed by atoms with E-state index in [1.165, 1.54) is 0 Å². The highest BCUT2D eigenvalue weighted by atomic mass is 16.2. The Bertz CT molecular complexity index is 325. The summed E-state index contributed by atoms with van der Waals surface area (Å²) in [6.07, 6.45) is 3.49. The molecule has 1 aliphatic heterocycles. The molecule has 74 valence electrons. The van der Waals surface area contributed by atoms with Crippen LogP contribution in [0.4, 0.5) is 4.79 Å². The maximum absolute atomic E-state index is 11.4. The molecular formula is C10H13N3O. The van der Waals surface area contributed by atoms with Crippen molar-refractivity contribution in [3.05, 3.63) is 30.1 Å². The van der Waals surface area contributed by atoms with Crippen LogP contribution in [0.3, 0.4) is 0 Å². The molecule has 1 saturated heterocycles. The van der Waals surface area contributed by atoms with Crippen molar-refractivity contribution >= 4 is 6.03 Å². The predicted molar refractivity (Wildman–Crippen MR) is 52.8 cm³/mol. The summed E-state index contributed by atoms with van der Waals surface area (Å²) in [5, 5.41) is 2.93. The number of nitrogens with one attached hydrogen (secondary N) is 1. The molecule has 1 fully saturated rings. The maximum Gasteiger partial charge on any atom is 0.318 e. The molecule has 1 aromatic rings. The Labute approximate surface area is 82.9 Å². The first kappa shape index (κ1) is 8.99. The Morgan fingerprint density at radius 3 is 2.86 bits per heavy atom. The molecular weight excluding hydrogens is 178 g/mol. The standard InChI is InChI=1S/C10H13N3O/c1-2-13-7-9(12-10(13)14)8-3-5-11-6-4-8/h3-6,9H,2,7H2,1H3,(H,12,14). The lowest BCUT2D eigenvalue weighted by molar-refractivity contribution is 0.219. The summed E-state index contributed by atoms with van der Waals surface area (Å²) in [4.78, 5) is 17.1. The van der Waals surface area contributed by atoms with Crippen LogP contribution < -0.4 is 5.32 Å². The summed E-state index contributed by atoms with van der Waals surface area (Å²) in [6, 6.07) is 4.01. The lowest BCUT2D eigenvalue weighted by Crippen LogP contribution is -2.27. The van der Waals surface area contributed by atoms with E-state index in [9.17, 15) is 4.79 Å². The summed E-state index contributed by atoms with van der Waals surface area (Å²) in [5.74, 6) is 0. The summed E-state index contributed by atoms with van der Waals surface area (Å²) >= 11 is 0. The van der Waals surface area contributed by atoms with Crippen molar-refractivity contribution in [2.24, 2.45) is 0 Å².